The number of hydrogen-bond acceptors (Lipinski definition) is 2. The van der Waals surface area contributed by atoms with E-state index in [2.05, 4.69) is 43.4 Å². The first-order valence-corrected chi connectivity index (χ1v) is 7.73. The highest BCUT2D eigenvalue weighted by molar-refractivity contribution is 5.24. The fraction of sp³-hybridized carbons (Fsp3) is 0.647. The summed E-state index contributed by atoms with van der Waals surface area (Å²) in [7, 11) is 0. The quantitative estimate of drug-likeness (QED) is 0.839. The molecule has 0 radical (unpaired) electrons. The molecule has 0 aliphatic carbocycles. The first-order chi connectivity index (χ1) is 9.29. The highest BCUT2D eigenvalue weighted by atomic mass is 16.5. The van der Waals surface area contributed by atoms with Gasteiger partial charge in [-0.1, -0.05) is 31.2 Å². The first kappa shape index (κ1) is 14.5. The van der Waals surface area contributed by atoms with E-state index in [0.717, 1.165) is 26.0 Å². The summed E-state index contributed by atoms with van der Waals surface area (Å²) in [6.45, 7) is 6.43. The van der Waals surface area contributed by atoms with Crippen molar-refractivity contribution in [3.05, 3.63) is 35.4 Å². The summed E-state index contributed by atoms with van der Waals surface area (Å²) in [6, 6.07) is 9.38. The van der Waals surface area contributed by atoms with E-state index in [1.807, 2.05) is 0 Å². The molecule has 0 saturated carbocycles. The van der Waals surface area contributed by atoms with Gasteiger partial charge in [-0.25, -0.2) is 0 Å². The van der Waals surface area contributed by atoms with E-state index in [1.54, 1.807) is 0 Å². The lowest BCUT2D eigenvalue weighted by Gasteiger charge is -2.23. The summed E-state index contributed by atoms with van der Waals surface area (Å²) < 4.78 is 5.76. The molecule has 0 bridgehead atoms. The van der Waals surface area contributed by atoms with Crippen molar-refractivity contribution >= 4 is 0 Å². The highest BCUT2D eigenvalue weighted by Gasteiger charge is 2.13. The molecule has 1 aromatic rings. The van der Waals surface area contributed by atoms with Crippen LogP contribution in [0.1, 0.15) is 56.7 Å². The van der Waals surface area contributed by atoms with Crippen molar-refractivity contribution in [2.45, 2.75) is 58.1 Å². The predicted molar refractivity (Wildman–Crippen MR) is 80.4 cm³/mol. The molecule has 1 saturated heterocycles. The average Bonchev–Trinajstić information content (AvgIpc) is 2.48. The van der Waals surface area contributed by atoms with Crippen LogP contribution in [-0.4, -0.2) is 19.3 Å². The summed E-state index contributed by atoms with van der Waals surface area (Å²) in [5.74, 6) is 0. The van der Waals surface area contributed by atoms with Gasteiger partial charge in [0.1, 0.15) is 0 Å². The van der Waals surface area contributed by atoms with Gasteiger partial charge in [0.15, 0.2) is 0 Å². The molecule has 1 fully saturated rings. The van der Waals surface area contributed by atoms with E-state index in [4.69, 9.17) is 4.74 Å². The third-order valence-corrected chi connectivity index (χ3v) is 4.08. The van der Waals surface area contributed by atoms with Crippen LogP contribution in [0.15, 0.2) is 24.3 Å². The Hall–Kier alpha value is -0.860. The van der Waals surface area contributed by atoms with E-state index < -0.39 is 0 Å². The van der Waals surface area contributed by atoms with Crippen LogP contribution >= 0.6 is 0 Å². The minimum absolute atomic E-state index is 0.425. The van der Waals surface area contributed by atoms with Crippen molar-refractivity contribution in [1.82, 2.24) is 5.32 Å². The molecule has 1 aliphatic rings. The molecule has 106 valence electrons. The van der Waals surface area contributed by atoms with Crippen LogP contribution in [0.25, 0.3) is 0 Å². The molecule has 0 spiro atoms. The summed E-state index contributed by atoms with van der Waals surface area (Å²) in [4.78, 5) is 0. The lowest BCUT2D eigenvalue weighted by atomic mass is 10.0. The number of benzene rings is 1. The Balaban J connectivity index is 1.72. The number of nitrogens with one attached hydrogen (secondary N) is 1. The maximum atomic E-state index is 5.76. The summed E-state index contributed by atoms with van der Waals surface area (Å²) in [5, 5.41) is 3.60. The van der Waals surface area contributed by atoms with Crippen LogP contribution in [0, 0.1) is 0 Å². The number of ether oxygens (including phenoxy) is 1. The molecule has 0 amide bonds. The zero-order valence-corrected chi connectivity index (χ0v) is 12.3. The smallest absolute Gasteiger partial charge is 0.0587 e. The number of aryl methyl sites for hydroxylation is 1. The van der Waals surface area contributed by atoms with Gasteiger partial charge in [-0.3, -0.25) is 0 Å². The van der Waals surface area contributed by atoms with Crippen molar-refractivity contribution in [1.29, 1.82) is 0 Å². The van der Waals surface area contributed by atoms with Crippen molar-refractivity contribution in [2.75, 3.05) is 13.2 Å². The predicted octanol–water partition coefficient (Wildman–Crippen LogP) is 3.86. The average molecular weight is 261 g/mol. The van der Waals surface area contributed by atoms with Gasteiger partial charge in [-0.05, 0) is 56.7 Å². The molecule has 1 N–H and O–H groups in total. The lowest BCUT2D eigenvalue weighted by Crippen LogP contribution is -2.27. The number of rotatable bonds is 6. The molecule has 1 aromatic carbocycles. The Labute approximate surface area is 117 Å². The molecule has 1 aliphatic heterocycles. The Bertz CT molecular complexity index is 354. The van der Waals surface area contributed by atoms with Gasteiger partial charge < -0.3 is 10.1 Å². The second-order valence-electron chi connectivity index (χ2n) is 5.55. The third-order valence-electron chi connectivity index (χ3n) is 4.08. The normalized spacial score (nSPS) is 21.3. The van der Waals surface area contributed by atoms with Gasteiger partial charge in [0.05, 0.1) is 6.10 Å². The van der Waals surface area contributed by atoms with Crippen LogP contribution in [-0.2, 0) is 11.2 Å². The van der Waals surface area contributed by atoms with Crippen LogP contribution in [0.3, 0.4) is 0 Å². The van der Waals surface area contributed by atoms with Crippen LogP contribution < -0.4 is 5.32 Å². The largest absolute Gasteiger partial charge is 0.378 e. The molecule has 1 heterocycles. The molecule has 2 heteroatoms. The minimum atomic E-state index is 0.425. The topological polar surface area (TPSA) is 21.3 Å². The third kappa shape index (κ3) is 4.63. The Kier molecular flexibility index (Phi) is 5.87. The maximum absolute atomic E-state index is 5.76. The Morgan fingerprint density at radius 3 is 2.68 bits per heavy atom. The molecule has 2 atom stereocenters. The highest BCUT2D eigenvalue weighted by Crippen LogP contribution is 2.17. The van der Waals surface area contributed by atoms with Crippen LogP contribution in [0.4, 0.5) is 0 Å². The lowest BCUT2D eigenvalue weighted by molar-refractivity contribution is 0.0112. The molecule has 19 heavy (non-hydrogen) atoms. The summed E-state index contributed by atoms with van der Waals surface area (Å²) >= 11 is 0. The SMILES string of the molecule is CCc1ccc(C(C)NCCC2CCCCO2)cc1. The standard InChI is InChI=1S/C17H27NO/c1-3-15-7-9-16(10-8-15)14(2)18-12-11-17-6-4-5-13-19-17/h7-10,14,17-18H,3-6,11-13H2,1-2H3. The summed E-state index contributed by atoms with van der Waals surface area (Å²) in [6.07, 6.45) is 6.54. The zero-order chi connectivity index (χ0) is 13.5. The first-order valence-electron chi connectivity index (χ1n) is 7.73. The van der Waals surface area contributed by atoms with Gasteiger partial charge in [0.25, 0.3) is 0 Å². The fourth-order valence-electron chi connectivity index (χ4n) is 2.66. The molecule has 2 rings (SSSR count). The van der Waals surface area contributed by atoms with Gasteiger partial charge in [0.2, 0.25) is 0 Å². The van der Waals surface area contributed by atoms with E-state index in [9.17, 15) is 0 Å². The second-order valence-corrected chi connectivity index (χ2v) is 5.55. The van der Waals surface area contributed by atoms with Gasteiger partial charge in [-0.2, -0.15) is 0 Å². The van der Waals surface area contributed by atoms with Gasteiger partial charge in [-0.15, -0.1) is 0 Å². The second kappa shape index (κ2) is 7.66. The van der Waals surface area contributed by atoms with E-state index >= 15 is 0 Å². The molecule has 0 aromatic heterocycles. The maximum Gasteiger partial charge on any atom is 0.0587 e. The minimum Gasteiger partial charge on any atom is -0.378 e. The van der Waals surface area contributed by atoms with E-state index in [1.165, 1.54) is 30.4 Å². The van der Waals surface area contributed by atoms with Crippen molar-refractivity contribution < 1.29 is 4.74 Å². The Morgan fingerprint density at radius 1 is 1.26 bits per heavy atom. The van der Waals surface area contributed by atoms with Crippen molar-refractivity contribution in [3.8, 4) is 0 Å². The van der Waals surface area contributed by atoms with Crippen LogP contribution in [0.2, 0.25) is 0 Å². The van der Waals surface area contributed by atoms with Gasteiger partial charge >= 0.3 is 0 Å². The van der Waals surface area contributed by atoms with E-state index in [-0.39, 0.29) is 0 Å². The molecule has 2 nitrogen and oxygen atoms in total. The fourth-order valence-corrected chi connectivity index (χ4v) is 2.66. The molecule has 2 unspecified atom stereocenters. The summed E-state index contributed by atoms with van der Waals surface area (Å²) in [5.41, 5.74) is 2.79. The number of hydrogen-bond donors (Lipinski definition) is 1. The van der Waals surface area contributed by atoms with Gasteiger partial charge in [0, 0.05) is 12.6 Å². The monoisotopic (exact) mass is 261 g/mol. The van der Waals surface area contributed by atoms with E-state index in [0.29, 0.717) is 12.1 Å². The van der Waals surface area contributed by atoms with Crippen molar-refractivity contribution in [2.24, 2.45) is 0 Å². The zero-order valence-electron chi connectivity index (χ0n) is 12.3. The molecular weight excluding hydrogens is 234 g/mol. The van der Waals surface area contributed by atoms with Crippen LogP contribution in [0.5, 0.6) is 0 Å². The molecular formula is C17H27NO. The Morgan fingerprint density at radius 2 is 2.05 bits per heavy atom. The van der Waals surface area contributed by atoms with Crippen molar-refractivity contribution in [3.63, 3.8) is 0 Å².